The van der Waals surface area contributed by atoms with E-state index in [1.807, 2.05) is 6.07 Å². The van der Waals surface area contributed by atoms with Gasteiger partial charge in [-0.05, 0) is 68.0 Å². The molecule has 1 fully saturated rings. The van der Waals surface area contributed by atoms with Crippen LogP contribution in [0.2, 0.25) is 0 Å². The molecule has 0 spiro atoms. The summed E-state index contributed by atoms with van der Waals surface area (Å²) in [6.07, 6.45) is 3.31. The van der Waals surface area contributed by atoms with E-state index >= 15 is 0 Å². The molecular formula is C30H37N3O7. The minimum Gasteiger partial charge on any atom is -0.508 e. The first-order valence-corrected chi connectivity index (χ1v) is 13.7. The average molecular weight is 552 g/mol. The first-order chi connectivity index (χ1) is 18.8. The predicted molar refractivity (Wildman–Crippen MR) is 148 cm³/mol. The average Bonchev–Trinajstić information content (AvgIpc) is 2.86. The number of hydrogen-bond acceptors (Lipinski definition) is 9. The van der Waals surface area contributed by atoms with Crippen molar-refractivity contribution in [2.45, 2.75) is 44.8 Å². The number of amides is 1. The minimum absolute atomic E-state index is 0.0715. The van der Waals surface area contributed by atoms with Crippen molar-refractivity contribution in [2.75, 3.05) is 33.7 Å². The van der Waals surface area contributed by atoms with Crippen LogP contribution in [0.5, 0.6) is 5.75 Å². The van der Waals surface area contributed by atoms with Gasteiger partial charge in [-0.25, -0.2) is 0 Å². The molecule has 1 amide bonds. The lowest BCUT2D eigenvalue weighted by atomic mass is 9.57. The highest BCUT2D eigenvalue weighted by molar-refractivity contribution is 6.24. The Morgan fingerprint density at radius 3 is 2.48 bits per heavy atom. The zero-order valence-corrected chi connectivity index (χ0v) is 23.3. The third kappa shape index (κ3) is 4.08. The number of benzene rings is 1. The first kappa shape index (κ1) is 28.1. The summed E-state index contributed by atoms with van der Waals surface area (Å²) in [6, 6.07) is 2.22. The summed E-state index contributed by atoms with van der Waals surface area (Å²) >= 11 is 0. The lowest BCUT2D eigenvalue weighted by Gasteiger charge is -2.50. The molecule has 1 aromatic rings. The molecule has 3 aliphatic carbocycles. The van der Waals surface area contributed by atoms with E-state index in [-0.39, 0.29) is 29.7 Å². The second-order valence-corrected chi connectivity index (χ2v) is 12.1. The van der Waals surface area contributed by atoms with E-state index in [2.05, 4.69) is 24.8 Å². The highest BCUT2D eigenvalue weighted by atomic mass is 16.3. The van der Waals surface area contributed by atoms with Gasteiger partial charge in [-0.15, -0.1) is 0 Å². The SMILES string of the molecule is CC(C)CN1CC=C(c2ccc(O)c3c2C[C@H]2C[C@H]4[C@H](N(C)C)C(=O)C(C(N)=O)=C(O)[C@@]4(O)C(=O)C2=C3O)CC1. The third-order valence-electron chi connectivity index (χ3n) is 8.87. The van der Waals surface area contributed by atoms with Gasteiger partial charge in [0.05, 0.1) is 11.6 Å². The number of aliphatic hydroxyl groups excluding tert-OH is 2. The van der Waals surface area contributed by atoms with Gasteiger partial charge in [-0.1, -0.05) is 26.0 Å². The summed E-state index contributed by atoms with van der Waals surface area (Å²) in [7, 11) is 3.17. The van der Waals surface area contributed by atoms with Crippen LogP contribution < -0.4 is 5.73 Å². The summed E-state index contributed by atoms with van der Waals surface area (Å²) in [5, 5.41) is 45.0. The Kier molecular flexibility index (Phi) is 6.92. The molecule has 1 heterocycles. The number of aliphatic hydroxyl groups is 3. The van der Waals surface area contributed by atoms with Gasteiger partial charge in [0.2, 0.25) is 5.78 Å². The number of Topliss-reactive ketones (excluding diaryl/α,β-unsaturated/α-hetero) is 2. The summed E-state index contributed by atoms with van der Waals surface area (Å²) < 4.78 is 0. The fourth-order valence-corrected chi connectivity index (χ4v) is 7.18. The number of carbonyl (C=O) groups is 3. The summed E-state index contributed by atoms with van der Waals surface area (Å²) in [4.78, 5) is 43.2. The van der Waals surface area contributed by atoms with E-state index < -0.39 is 58.0 Å². The molecule has 10 nitrogen and oxygen atoms in total. The van der Waals surface area contributed by atoms with Crippen LogP contribution in [0.1, 0.15) is 43.4 Å². The van der Waals surface area contributed by atoms with Crippen molar-refractivity contribution in [2.24, 2.45) is 23.5 Å². The molecular weight excluding hydrogens is 514 g/mol. The number of phenols is 1. The van der Waals surface area contributed by atoms with Crippen molar-refractivity contribution >= 4 is 28.8 Å². The molecule has 0 aromatic heterocycles. The molecule has 6 N–H and O–H groups in total. The van der Waals surface area contributed by atoms with Crippen LogP contribution in [0, 0.1) is 17.8 Å². The van der Waals surface area contributed by atoms with Crippen molar-refractivity contribution in [3.63, 3.8) is 0 Å². The highest BCUT2D eigenvalue weighted by Crippen LogP contribution is 2.53. The van der Waals surface area contributed by atoms with Crippen LogP contribution in [-0.2, 0) is 20.8 Å². The molecule has 1 saturated carbocycles. The number of phenolic OH excluding ortho intramolecular Hbond substituents is 1. The topological polar surface area (TPSA) is 165 Å². The van der Waals surface area contributed by atoms with Gasteiger partial charge in [-0.2, -0.15) is 0 Å². The molecule has 0 bridgehead atoms. The van der Waals surface area contributed by atoms with Crippen LogP contribution in [-0.4, -0.2) is 93.1 Å². The monoisotopic (exact) mass is 551 g/mol. The third-order valence-corrected chi connectivity index (χ3v) is 8.87. The van der Waals surface area contributed by atoms with Crippen molar-refractivity contribution in [1.82, 2.24) is 9.80 Å². The second-order valence-electron chi connectivity index (χ2n) is 12.1. The molecule has 0 saturated heterocycles. The highest BCUT2D eigenvalue weighted by Gasteiger charge is 2.64. The Morgan fingerprint density at radius 2 is 1.90 bits per heavy atom. The zero-order valence-electron chi connectivity index (χ0n) is 23.3. The lowest BCUT2D eigenvalue weighted by Crippen LogP contribution is -2.65. The lowest BCUT2D eigenvalue weighted by molar-refractivity contribution is -0.153. The summed E-state index contributed by atoms with van der Waals surface area (Å²) in [5.41, 5.74) is 4.60. The van der Waals surface area contributed by atoms with Gasteiger partial charge in [0.15, 0.2) is 11.4 Å². The van der Waals surface area contributed by atoms with Crippen LogP contribution >= 0.6 is 0 Å². The fourth-order valence-electron chi connectivity index (χ4n) is 7.18. The maximum absolute atomic E-state index is 14.0. The smallest absolute Gasteiger partial charge is 0.255 e. The Hall–Kier alpha value is -3.47. The Balaban J connectivity index is 1.63. The fraction of sp³-hybridized carbons (Fsp3) is 0.500. The molecule has 1 aromatic carbocycles. The van der Waals surface area contributed by atoms with E-state index in [0.717, 1.165) is 37.2 Å². The van der Waals surface area contributed by atoms with Crippen LogP contribution in [0.25, 0.3) is 11.3 Å². The maximum Gasteiger partial charge on any atom is 0.255 e. The van der Waals surface area contributed by atoms with Crippen molar-refractivity contribution in [3.05, 3.63) is 51.8 Å². The number of likely N-dealkylation sites (N-methyl/N-ethyl adjacent to an activating group) is 1. The minimum atomic E-state index is -2.64. The number of rotatable bonds is 5. The summed E-state index contributed by atoms with van der Waals surface area (Å²) in [6.45, 7) is 7.01. The van der Waals surface area contributed by atoms with Gasteiger partial charge in [-0.3, -0.25) is 24.2 Å². The molecule has 4 atom stereocenters. The van der Waals surface area contributed by atoms with Crippen molar-refractivity contribution in [1.29, 1.82) is 0 Å². The molecule has 214 valence electrons. The maximum atomic E-state index is 14.0. The van der Waals surface area contributed by atoms with E-state index in [4.69, 9.17) is 5.73 Å². The van der Waals surface area contributed by atoms with E-state index in [1.165, 1.54) is 11.0 Å². The van der Waals surface area contributed by atoms with E-state index in [1.54, 1.807) is 14.1 Å². The molecule has 0 unspecified atom stereocenters. The largest absolute Gasteiger partial charge is 0.508 e. The summed E-state index contributed by atoms with van der Waals surface area (Å²) in [5.74, 6) is -5.90. The molecule has 0 radical (unpaired) electrons. The Labute approximate surface area is 233 Å². The second kappa shape index (κ2) is 9.87. The quantitative estimate of drug-likeness (QED) is 0.343. The van der Waals surface area contributed by atoms with Gasteiger partial charge in [0, 0.05) is 31.1 Å². The normalized spacial score (nSPS) is 29.0. The number of nitrogens with two attached hydrogens (primary N) is 1. The molecule has 1 aliphatic heterocycles. The van der Waals surface area contributed by atoms with E-state index in [9.17, 15) is 34.8 Å². The zero-order chi connectivity index (χ0) is 29.3. The Bertz CT molecular complexity index is 1410. The van der Waals surface area contributed by atoms with Gasteiger partial charge >= 0.3 is 0 Å². The standard InChI is InChI=1S/C30H37N3O7/c1-14(2)13-33-9-7-15(8-10-33)17-5-6-20(34)22-18(17)11-16-12-19-24(32(3)4)26(36)23(29(31)39)28(38)30(19,40)27(37)21(16)25(22)35/h5-7,14,16,19,24,34-35,38,40H,8-13H2,1-4H3,(H2,31,39)/t16-,19-,24-,30-/m0/s1. The Morgan fingerprint density at radius 1 is 1.20 bits per heavy atom. The van der Waals surface area contributed by atoms with Crippen LogP contribution in [0.3, 0.4) is 0 Å². The number of aromatic hydroxyl groups is 1. The molecule has 10 heteroatoms. The number of carbonyl (C=O) groups excluding carboxylic acids is 3. The van der Waals surface area contributed by atoms with Crippen LogP contribution in [0.4, 0.5) is 0 Å². The number of hydrogen-bond donors (Lipinski definition) is 5. The van der Waals surface area contributed by atoms with Gasteiger partial charge < -0.3 is 26.2 Å². The molecule has 4 aliphatic rings. The van der Waals surface area contributed by atoms with E-state index in [0.29, 0.717) is 11.5 Å². The van der Waals surface area contributed by atoms with Gasteiger partial charge in [0.25, 0.3) is 5.91 Å². The van der Waals surface area contributed by atoms with Crippen LogP contribution in [0.15, 0.2) is 35.1 Å². The predicted octanol–water partition coefficient (Wildman–Crippen LogP) is 1.71. The number of primary amides is 1. The molecule has 5 rings (SSSR count). The number of nitrogens with zero attached hydrogens (tertiary/aromatic N) is 2. The molecule has 40 heavy (non-hydrogen) atoms. The van der Waals surface area contributed by atoms with Crippen molar-refractivity contribution in [3.8, 4) is 5.75 Å². The first-order valence-electron chi connectivity index (χ1n) is 13.7. The number of fused-ring (bicyclic) bond motifs is 3. The van der Waals surface area contributed by atoms with Crippen molar-refractivity contribution < 1.29 is 34.8 Å². The van der Waals surface area contributed by atoms with Gasteiger partial charge in [0.1, 0.15) is 22.8 Å². The number of ketones is 2.